The predicted octanol–water partition coefficient (Wildman–Crippen LogP) is 1.38. The lowest BCUT2D eigenvalue weighted by atomic mass is 10.0. The Morgan fingerprint density at radius 3 is 2.52 bits per heavy atom. The van der Waals surface area contributed by atoms with Gasteiger partial charge in [-0.2, -0.15) is 0 Å². The van der Waals surface area contributed by atoms with Crippen LogP contribution < -0.4 is 5.32 Å². The molecule has 0 saturated heterocycles. The Labute approximate surface area is 122 Å². The molecule has 5 nitrogen and oxygen atoms in total. The number of furan rings is 1. The van der Waals surface area contributed by atoms with Crippen LogP contribution in [0.3, 0.4) is 0 Å². The van der Waals surface area contributed by atoms with E-state index in [-0.39, 0.29) is 12.2 Å². The van der Waals surface area contributed by atoms with E-state index in [2.05, 4.69) is 0 Å². The van der Waals surface area contributed by atoms with Crippen LogP contribution in [0.4, 0.5) is 0 Å². The van der Waals surface area contributed by atoms with Crippen molar-refractivity contribution in [3.8, 4) is 0 Å². The monoisotopic (exact) mass is 288 g/mol. The molecule has 3 N–H and O–H groups in total. The summed E-state index contributed by atoms with van der Waals surface area (Å²) in [5.74, 6) is -0.482. The number of rotatable bonds is 7. The molecule has 0 aliphatic heterocycles. The molecule has 1 aromatic heterocycles. The van der Waals surface area contributed by atoms with Gasteiger partial charge >= 0.3 is 5.97 Å². The van der Waals surface area contributed by atoms with Gasteiger partial charge in [-0.1, -0.05) is 29.8 Å². The molecule has 0 amide bonds. The van der Waals surface area contributed by atoms with Crippen LogP contribution in [0.25, 0.3) is 0 Å². The largest absolute Gasteiger partial charge is 0.477 e. The van der Waals surface area contributed by atoms with Crippen molar-refractivity contribution in [3.05, 3.63) is 59.5 Å². The summed E-state index contributed by atoms with van der Waals surface area (Å²) in [6, 6.07) is 9.84. The van der Waals surface area contributed by atoms with E-state index in [1.54, 1.807) is 29.6 Å². The molecular formula is C16H18NO4+. The van der Waals surface area contributed by atoms with Crippen molar-refractivity contribution in [1.29, 1.82) is 0 Å². The van der Waals surface area contributed by atoms with Gasteiger partial charge in [0.05, 0.1) is 12.7 Å². The maximum absolute atomic E-state index is 12.1. The molecule has 0 aliphatic rings. The van der Waals surface area contributed by atoms with Gasteiger partial charge in [-0.15, -0.1) is 0 Å². The van der Waals surface area contributed by atoms with Crippen molar-refractivity contribution >= 4 is 11.8 Å². The minimum atomic E-state index is -0.998. The number of carboxylic acids is 1. The zero-order valence-corrected chi connectivity index (χ0v) is 11.8. The molecule has 2 aromatic rings. The molecule has 2 rings (SSSR count). The topological polar surface area (TPSA) is 84.1 Å². The smallest absolute Gasteiger partial charge is 0.362 e. The summed E-state index contributed by atoms with van der Waals surface area (Å²) < 4.78 is 5.16. The second-order valence-corrected chi connectivity index (χ2v) is 4.96. The first-order valence-electron chi connectivity index (χ1n) is 6.74. The third-order valence-electron chi connectivity index (χ3n) is 3.28. The molecule has 1 atom stereocenters. The molecular weight excluding hydrogens is 270 g/mol. The summed E-state index contributed by atoms with van der Waals surface area (Å²) in [6.45, 7) is 2.33. The van der Waals surface area contributed by atoms with Gasteiger partial charge in [-0.05, 0) is 19.1 Å². The number of carbonyl (C=O) groups excluding carboxylic acids is 1. The van der Waals surface area contributed by atoms with Crippen LogP contribution in [0.2, 0.25) is 0 Å². The standard InChI is InChI=1S/C16H17NO4/c1-11-4-6-12(7-5-11)15(18)9-14(16(19)20)17-10-13-3-2-8-21-13/h2-8,14,17H,9-10H2,1H3,(H,19,20)/p+1. The average Bonchev–Trinajstić information content (AvgIpc) is 2.96. The Hall–Kier alpha value is -2.40. The molecule has 0 saturated carbocycles. The van der Waals surface area contributed by atoms with Crippen molar-refractivity contribution in [2.24, 2.45) is 0 Å². The summed E-state index contributed by atoms with van der Waals surface area (Å²) in [5.41, 5.74) is 1.60. The van der Waals surface area contributed by atoms with Crippen molar-refractivity contribution in [1.82, 2.24) is 0 Å². The second kappa shape index (κ2) is 6.85. The molecule has 1 aromatic carbocycles. The van der Waals surface area contributed by atoms with Crippen molar-refractivity contribution in [2.45, 2.75) is 25.9 Å². The second-order valence-electron chi connectivity index (χ2n) is 4.96. The maximum atomic E-state index is 12.1. The summed E-state index contributed by atoms with van der Waals surface area (Å²) in [7, 11) is 0. The molecule has 0 fully saturated rings. The summed E-state index contributed by atoms with van der Waals surface area (Å²) >= 11 is 0. The van der Waals surface area contributed by atoms with Crippen LogP contribution in [0.15, 0.2) is 47.1 Å². The first kappa shape index (κ1) is 15.0. The molecule has 0 radical (unpaired) electrons. The highest BCUT2D eigenvalue weighted by Gasteiger charge is 2.25. The minimum absolute atomic E-state index is 0.0426. The zero-order valence-electron chi connectivity index (χ0n) is 11.8. The van der Waals surface area contributed by atoms with E-state index in [0.717, 1.165) is 5.56 Å². The van der Waals surface area contributed by atoms with Gasteiger partial charge in [0.2, 0.25) is 0 Å². The molecule has 0 spiro atoms. The van der Waals surface area contributed by atoms with Crippen LogP contribution >= 0.6 is 0 Å². The van der Waals surface area contributed by atoms with Gasteiger partial charge in [-0.3, -0.25) is 4.79 Å². The number of hydrogen-bond donors (Lipinski definition) is 2. The fraction of sp³-hybridized carbons (Fsp3) is 0.250. The Kier molecular flexibility index (Phi) is 4.90. The van der Waals surface area contributed by atoms with E-state index in [1.807, 2.05) is 19.1 Å². The molecule has 21 heavy (non-hydrogen) atoms. The first-order valence-corrected chi connectivity index (χ1v) is 6.74. The number of carbonyl (C=O) groups is 2. The minimum Gasteiger partial charge on any atom is -0.477 e. The molecule has 0 bridgehead atoms. The number of benzene rings is 1. The van der Waals surface area contributed by atoms with Crippen molar-refractivity contribution in [2.75, 3.05) is 0 Å². The van der Waals surface area contributed by atoms with Crippen LogP contribution in [-0.2, 0) is 11.3 Å². The highest BCUT2D eigenvalue weighted by Crippen LogP contribution is 2.07. The number of aryl methyl sites for hydroxylation is 1. The fourth-order valence-corrected chi connectivity index (χ4v) is 2.02. The van der Waals surface area contributed by atoms with E-state index in [4.69, 9.17) is 4.42 Å². The number of Topliss-reactive ketones (excluding diaryl/α,β-unsaturated/α-hetero) is 1. The Morgan fingerprint density at radius 2 is 1.95 bits per heavy atom. The summed E-state index contributed by atoms with van der Waals surface area (Å²) in [4.78, 5) is 23.4. The van der Waals surface area contributed by atoms with Gasteiger partial charge < -0.3 is 14.8 Å². The molecule has 0 aliphatic carbocycles. The summed E-state index contributed by atoms with van der Waals surface area (Å²) in [6.07, 6.45) is 1.50. The number of carboxylic acid groups (broad SMARTS) is 1. The number of hydrogen-bond acceptors (Lipinski definition) is 3. The maximum Gasteiger partial charge on any atom is 0.362 e. The van der Waals surface area contributed by atoms with E-state index in [1.165, 1.54) is 6.26 Å². The van der Waals surface area contributed by atoms with Crippen molar-refractivity contribution < 1.29 is 24.4 Å². The van der Waals surface area contributed by atoms with Gasteiger partial charge in [0.25, 0.3) is 0 Å². The molecule has 1 unspecified atom stereocenters. The normalized spacial score (nSPS) is 12.0. The lowest BCUT2D eigenvalue weighted by molar-refractivity contribution is -0.693. The third-order valence-corrected chi connectivity index (χ3v) is 3.28. The number of nitrogens with two attached hydrogens (primary N) is 1. The lowest BCUT2D eigenvalue weighted by Crippen LogP contribution is -2.90. The Balaban J connectivity index is 1.97. The Morgan fingerprint density at radius 1 is 1.24 bits per heavy atom. The highest BCUT2D eigenvalue weighted by molar-refractivity contribution is 5.98. The molecule has 110 valence electrons. The fourth-order valence-electron chi connectivity index (χ4n) is 2.02. The van der Waals surface area contributed by atoms with E-state index in [0.29, 0.717) is 17.9 Å². The predicted molar refractivity (Wildman–Crippen MR) is 75.9 cm³/mol. The summed E-state index contributed by atoms with van der Waals surface area (Å²) in [5, 5.41) is 10.8. The van der Waals surface area contributed by atoms with Gasteiger partial charge in [0.15, 0.2) is 17.6 Å². The van der Waals surface area contributed by atoms with Crippen molar-refractivity contribution in [3.63, 3.8) is 0 Å². The number of quaternary nitrogens is 1. The zero-order chi connectivity index (χ0) is 15.2. The van der Waals surface area contributed by atoms with Gasteiger partial charge in [0.1, 0.15) is 6.54 Å². The third kappa shape index (κ3) is 4.29. The van der Waals surface area contributed by atoms with E-state index >= 15 is 0 Å². The van der Waals surface area contributed by atoms with Gasteiger partial charge in [0, 0.05) is 5.56 Å². The van der Waals surface area contributed by atoms with Gasteiger partial charge in [-0.25, -0.2) is 4.79 Å². The van der Waals surface area contributed by atoms with E-state index in [9.17, 15) is 14.7 Å². The SMILES string of the molecule is Cc1ccc(C(=O)CC([NH2+]Cc2ccco2)C(=O)O)cc1. The average molecular weight is 288 g/mol. The number of ketones is 1. The number of aliphatic carboxylic acids is 1. The molecule has 5 heteroatoms. The Bertz CT molecular complexity index is 602. The first-order chi connectivity index (χ1) is 10.1. The quantitative estimate of drug-likeness (QED) is 0.754. The highest BCUT2D eigenvalue weighted by atomic mass is 16.4. The van der Waals surface area contributed by atoms with Crippen LogP contribution in [-0.4, -0.2) is 22.9 Å². The van der Waals surface area contributed by atoms with Crippen LogP contribution in [0.1, 0.15) is 28.1 Å². The van der Waals surface area contributed by atoms with Crippen LogP contribution in [0.5, 0.6) is 0 Å². The molecule has 1 heterocycles. The lowest BCUT2D eigenvalue weighted by Gasteiger charge is -2.10. The van der Waals surface area contributed by atoms with E-state index < -0.39 is 12.0 Å². The van der Waals surface area contributed by atoms with Crippen LogP contribution in [0, 0.1) is 6.92 Å².